The van der Waals surface area contributed by atoms with E-state index < -0.39 is 11.5 Å². The maximum atomic E-state index is 12.6. The second-order valence-corrected chi connectivity index (χ2v) is 7.16. The molecule has 0 aliphatic heterocycles. The van der Waals surface area contributed by atoms with Crippen LogP contribution < -0.4 is 15.7 Å². The highest BCUT2D eigenvalue weighted by atomic mass is 16.5. The second-order valence-electron chi connectivity index (χ2n) is 7.16. The SMILES string of the molecule is COc1ccc(CCc2cc(C)c(C(=O)NCc3cn4ccncc4n3)c(=O)o2)cc1. The molecule has 4 rings (SSSR count). The van der Waals surface area contributed by atoms with Crippen molar-refractivity contribution in [2.45, 2.75) is 26.3 Å². The zero-order chi connectivity index (χ0) is 21.8. The van der Waals surface area contributed by atoms with Crippen LogP contribution in [0.5, 0.6) is 5.75 Å². The third kappa shape index (κ3) is 4.63. The molecule has 3 aromatic heterocycles. The molecular formula is C23H22N4O4. The lowest BCUT2D eigenvalue weighted by Crippen LogP contribution is -2.29. The summed E-state index contributed by atoms with van der Waals surface area (Å²) in [5, 5.41) is 2.74. The molecule has 158 valence electrons. The highest BCUT2D eigenvalue weighted by molar-refractivity contribution is 5.95. The molecule has 4 aromatic rings. The Hall–Kier alpha value is -3.94. The fourth-order valence-corrected chi connectivity index (χ4v) is 3.37. The summed E-state index contributed by atoms with van der Waals surface area (Å²) in [5.74, 6) is 0.854. The van der Waals surface area contributed by atoms with Crippen LogP contribution in [-0.4, -0.2) is 27.4 Å². The van der Waals surface area contributed by atoms with E-state index in [4.69, 9.17) is 9.15 Å². The maximum absolute atomic E-state index is 12.6. The van der Waals surface area contributed by atoms with E-state index in [0.29, 0.717) is 35.5 Å². The summed E-state index contributed by atoms with van der Waals surface area (Å²) in [6, 6.07) is 9.48. The van der Waals surface area contributed by atoms with Crippen LogP contribution in [0.25, 0.3) is 5.65 Å². The Morgan fingerprint density at radius 1 is 1.23 bits per heavy atom. The molecule has 8 nitrogen and oxygen atoms in total. The molecule has 0 radical (unpaired) electrons. The van der Waals surface area contributed by atoms with Gasteiger partial charge in [0.25, 0.3) is 5.91 Å². The Morgan fingerprint density at radius 2 is 2.03 bits per heavy atom. The normalized spacial score (nSPS) is 10.9. The van der Waals surface area contributed by atoms with E-state index in [9.17, 15) is 9.59 Å². The number of nitrogens with zero attached hydrogens (tertiary/aromatic N) is 3. The smallest absolute Gasteiger partial charge is 0.349 e. The van der Waals surface area contributed by atoms with Crippen LogP contribution >= 0.6 is 0 Å². The molecule has 0 bridgehead atoms. The predicted octanol–water partition coefficient (Wildman–Crippen LogP) is 2.71. The van der Waals surface area contributed by atoms with Gasteiger partial charge in [0.05, 0.1) is 25.5 Å². The molecule has 1 N–H and O–H groups in total. The van der Waals surface area contributed by atoms with Crippen molar-refractivity contribution in [3.63, 3.8) is 0 Å². The zero-order valence-electron chi connectivity index (χ0n) is 17.3. The summed E-state index contributed by atoms with van der Waals surface area (Å²) >= 11 is 0. The van der Waals surface area contributed by atoms with Crippen LogP contribution in [0.3, 0.4) is 0 Å². The van der Waals surface area contributed by atoms with Gasteiger partial charge in [-0.2, -0.15) is 0 Å². The fourth-order valence-electron chi connectivity index (χ4n) is 3.37. The first kappa shape index (κ1) is 20.3. The Bertz CT molecular complexity index is 1240. The average molecular weight is 418 g/mol. The molecule has 0 unspecified atom stereocenters. The molecule has 1 amide bonds. The highest BCUT2D eigenvalue weighted by Gasteiger charge is 2.17. The summed E-state index contributed by atoms with van der Waals surface area (Å²) < 4.78 is 12.4. The molecule has 0 aliphatic carbocycles. The Kier molecular flexibility index (Phi) is 5.79. The van der Waals surface area contributed by atoms with Gasteiger partial charge in [-0.25, -0.2) is 9.78 Å². The molecule has 8 heteroatoms. The number of aryl methyl sites for hydroxylation is 3. The molecule has 3 heterocycles. The van der Waals surface area contributed by atoms with E-state index in [0.717, 1.165) is 11.3 Å². The van der Waals surface area contributed by atoms with Gasteiger partial charge in [-0.05, 0) is 42.7 Å². The number of methoxy groups -OCH3 is 1. The average Bonchev–Trinajstić information content (AvgIpc) is 3.19. The number of carbonyl (C=O) groups excluding carboxylic acids is 1. The topological polar surface area (TPSA) is 98.7 Å². The quantitative estimate of drug-likeness (QED) is 0.496. The number of hydrogen-bond acceptors (Lipinski definition) is 6. The molecule has 0 saturated heterocycles. The molecule has 31 heavy (non-hydrogen) atoms. The molecule has 1 aromatic carbocycles. The fraction of sp³-hybridized carbons (Fsp3) is 0.217. The Balaban J connectivity index is 1.42. The van der Waals surface area contributed by atoms with Crippen molar-refractivity contribution in [2.24, 2.45) is 0 Å². The molecule has 0 atom stereocenters. The summed E-state index contributed by atoms with van der Waals surface area (Å²) in [6.45, 7) is 1.93. The summed E-state index contributed by atoms with van der Waals surface area (Å²) in [7, 11) is 1.62. The van der Waals surface area contributed by atoms with Gasteiger partial charge in [0.15, 0.2) is 5.65 Å². The van der Waals surface area contributed by atoms with E-state index in [2.05, 4.69) is 15.3 Å². The van der Waals surface area contributed by atoms with Crippen molar-refractivity contribution < 1.29 is 13.9 Å². The van der Waals surface area contributed by atoms with Gasteiger partial charge >= 0.3 is 5.63 Å². The van der Waals surface area contributed by atoms with Gasteiger partial charge in [-0.15, -0.1) is 0 Å². The van der Waals surface area contributed by atoms with E-state index in [-0.39, 0.29) is 12.1 Å². The monoisotopic (exact) mass is 418 g/mol. The second kappa shape index (κ2) is 8.83. The minimum absolute atomic E-state index is 0.0126. The van der Waals surface area contributed by atoms with Crippen LogP contribution in [0.15, 0.2) is 64.3 Å². The molecule has 0 spiro atoms. The van der Waals surface area contributed by atoms with Crippen molar-refractivity contribution >= 4 is 11.6 Å². The molecule has 0 fully saturated rings. The lowest BCUT2D eigenvalue weighted by molar-refractivity contribution is 0.0945. The first-order valence-corrected chi connectivity index (χ1v) is 9.86. The van der Waals surface area contributed by atoms with E-state index in [1.54, 1.807) is 44.9 Å². The van der Waals surface area contributed by atoms with Crippen molar-refractivity contribution in [1.29, 1.82) is 0 Å². The van der Waals surface area contributed by atoms with Crippen LogP contribution in [0.4, 0.5) is 0 Å². The number of ether oxygens (including phenoxy) is 1. The third-order valence-electron chi connectivity index (χ3n) is 4.99. The van der Waals surface area contributed by atoms with Gasteiger partial charge in [0.1, 0.15) is 17.1 Å². The van der Waals surface area contributed by atoms with E-state index >= 15 is 0 Å². The molecular weight excluding hydrogens is 396 g/mol. The maximum Gasteiger partial charge on any atom is 0.349 e. The summed E-state index contributed by atoms with van der Waals surface area (Å²) in [4.78, 5) is 33.5. The zero-order valence-corrected chi connectivity index (χ0v) is 17.3. The number of fused-ring (bicyclic) bond motifs is 1. The summed E-state index contributed by atoms with van der Waals surface area (Å²) in [5.41, 5.74) is 2.41. The summed E-state index contributed by atoms with van der Waals surface area (Å²) in [6.07, 6.45) is 8.13. The van der Waals surface area contributed by atoms with Gasteiger partial charge in [0.2, 0.25) is 0 Å². The predicted molar refractivity (Wildman–Crippen MR) is 114 cm³/mol. The number of benzene rings is 1. The Labute approximate surface area is 178 Å². The van der Waals surface area contributed by atoms with Crippen LogP contribution in [-0.2, 0) is 19.4 Å². The van der Waals surface area contributed by atoms with Crippen molar-refractivity contribution in [1.82, 2.24) is 19.7 Å². The number of nitrogens with one attached hydrogen (secondary N) is 1. The minimum Gasteiger partial charge on any atom is -0.497 e. The third-order valence-corrected chi connectivity index (χ3v) is 4.99. The number of hydrogen-bond donors (Lipinski definition) is 1. The number of imidazole rings is 1. The van der Waals surface area contributed by atoms with Crippen molar-refractivity contribution in [3.05, 3.63) is 93.7 Å². The first-order chi connectivity index (χ1) is 15.0. The molecule has 0 aliphatic rings. The van der Waals surface area contributed by atoms with Gasteiger partial charge in [0, 0.05) is 25.0 Å². The lowest BCUT2D eigenvalue weighted by Gasteiger charge is -2.08. The number of rotatable bonds is 7. The highest BCUT2D eigenvalue weighted by Crippen LogP contribution is 2.14. The van der Waals surface area contributed by atoms with Crippen LogP contribution in [0.1, 0.15) is 32.9 Å². The van der Waals surface area contributed by atoms with Crippen LogP contribution in [0.2, 0.25) is 0 Å². The Morgan fingerprint density at radius 3 is 2.74 bits per heavy atom. The standard InChI is InChI=1S/C23H22N4O4/c1-15-11-19(8-5-16-3-6-18(30-2)7-4-16)31-23(29)21(15)22(28)25-12-17-14-27-10-9-24-13-20(27)26-17/h3-4,6-7,9-11,13-14H,5,8,12H2,1-2H3,(H,25,28). The minimum atomic E-state index is -0.638. The van der Waals surface area contributed by atoms with Gasteiger partial charge < -0.3 is 18.9 Å². The van der Waals surface area contributed by atoms with Crippen LogP contribution in [0, 0.1) is 6.92 Å². The number of aromatic nitrogens is 3. The van der Waals surface area contributed by atoms with E-state index in [1.807, 2.05) is 28.7 Å². The van der Waals surface area contributed by atoms with E-state index in [1.165, 1.54) is 0 Å². The van der Waals surface area contributed by atoms with Gasteiger partial charge in [-0.3, -0.25) is 9.78 Å². The van der Waals surface area contributed by atoms with Gasteiger partial charge in [-0.1, -0.05) is 12.1 Å². The number of amides is 1. The number of carbonyl (C=O) groups is 1. The van der Waals surface area contributed by atoms with Crippen molar-refractivity contribution in [2.75, 3.05) is 7.11 Å². The lowest BCUT2D eigenvalue weighted by atomic mass is 10.1. The molecule has 0 saturated carbocycles. The first-order valence-electron chi connectivity index (χ1n) is 9.86. The largest absolute Gasteiger partial charge is 0.497 e. The van der Waals surface area contributed by atoms with Crippen molar-refractivity contribution in [3.8, 4) is 5.75 Å².